The lowest BCUT2D eigenvalue weighted by Crippen LogP contribution is -2.38. The van der Waals surface area contributed by atoms with Crippen molar-refractivity contribution in [2.45, 2.75) is 26.0 Å². The van der Waals surface area contributed by atoms with Crippen molar-refractivity contribution in [3.63, 3.8) is 0 Å². The molecule has 2 N–H and O–H groups in total. The molecule has 1 aromatic carbocycles. The number of hydrogen-bond donors (Lipinski definition) is 2. The molecule has 7 nitrogen and oxygen atoms in total. The van der Waals surface area contributed by atoms with E-state index in [1.165, 1.54) is 6.42 Å². The van der Waals surface area contributed by atoms with Gasteiger partial charge in [0.1, 0.15) is 23.4 Å². The van der Waals surface area contributed by atoms with Crippen molar-refractivity contribution < 1.29 is 4.74 Å². The summed E-state index contributed by atoms with van der Waals surface area (Å²) in [6.45, 7) is 4.67. The highest BCUT2D eigenvalue weighted by Gasteiger charge is 2.22. The molecule has 1 saturated heterocycles. The van der Waals surface area contributed by atoms with Gasteiger partial charge in [-0.1, -0.05) is 34.8 Å². The molecule has 1 aliphatic heterocycles. The van der Waals surface area contributed by atoms with E-state index in [0.29, 0.717) is 26.4 Å². The lowest BCUT2D eigenvalue weighted by atomic mass is 10.1. The Morgan fingerprint density at radius 2 is 1.85 bits per heavy atom. The SMILES string of the molecule is CNCc1cc(-c2n[nH]c3cc(Cl)c(O[C@H](C)c4c(Cl)cncc4Cl)cc23)cnc1N1CCC1. The molecule has 5 rings (SSSR count). The molecule has 0 amide bonds. The number of anilines is 1. The van der Waals surface area contributed by atoms with Crippen molar-refractivity contribution in [2.24, 2.45) is 0 Å². The van der Waals surface area contributed by atoms with Crippen LogP contribution >= 0.6 is 34.8 Å². The molecule has 0 spiro atoms. The van der Waals surface area contributed by atoms with Gasteiger partial charge >= 0.3 is 0 Å². The minimum absolute atomic E-state index is 0.437. The predicted molar refractivity (Wildman–Crippen MR) is 137 cm³/mol. The Kier molecular flexibility index (Phi) is 6.53. The summed E-state index contributed by atoms with van der Waals surface area (Å²) in [5, 5.41) is 13.1. The largest absolute Gasteiger partial charge is 0.484 e. The van der Waals surface area contributed by atoms with E-state index in [2.05, 4.69) is 31.5 Å². The molecule has 4 heterocycles. The van der Waals surface area contributed by atoms with Crippen molar-refractivity contribution in [3.05, 3.63) is 63.0 Å². The highest BCUT2D eigenvalue weighted by Crippen LogP contribution is 2.39. The van der Waals surface area contributed by atoms with Gasteiger partial charge < -0.3 is 15.0 Å². The van der Waals surface area contributed by atoms with E-state index in [-0.39, 0.29) is 0 Å². The summed E-state index contributed by atoms with van der Waals surface area (Å²) in [7, 11) is 1.94. The van der Waals surface area contributed by atoms with Crippen LogP contribution in [0.2, 0.25) is 15.1 Å². The maximum atomic E-state index is 6.54. The number of pyridine rings is 2. The fourth-order valence-corrected chi connectivity index (χ4v) is 5.03. The number of fused-ring (bicyclic) bond motifs is 1. The number of hydrogen-bond acceptors (Lipinski definition) is 6. The van der Waals surface area contributed by atoms with Gasteiger partial charge in [-0.2, -0.15) is 5.10 Å². The molecule has 1 atom stereocenters. The zero-order valence-electron chi connectivity index (χ0n) is 18.7. The van der Waals surface area contributed by atoms with Gasteiger partial charge in [-0.15, -0.1) is 0 Å². The number of aromatic nitrogens is 4. The lowest BCUT2D eigenvalue weighted by Gasteiger charge is -2.33. The second-order valence-corrected chi connectivity index (χ2v) is 9.48. The number of nitrogens with one attached hydrogen (secondary N) is 2. The average Bonchev–Trinajstić information content (AvgIpc) is 3.16. The van der Waals surface area contributed by atoms with Gasteiger partial charge in [0.05, 0.1) is 20.6 Å². The standard InChI is InChI=1S/C24H23Cl3N6O/c1-13(22-18(26)11-29-12-19(22)27)34-21-7-16-20(8-17(21)25)31-32-23(16)14-6-15(9-28-2)24(30-10-14)33-4-3-5-33/h6-8,10-13,28H,3-5,9H2,1-2H3,(H,31,32)/t13-/m1/s1. The van der Waals surface area contributed by atoms with E-state index in [1.807, 2.05) is 32.3 Å². The number of halogens is 3. The van der Waals surface area contributed by atoms with Gasteiger partial charge in [-0.05, 0) is 38.6 Å². The third-order valence-corrected chi connectivity index (χ3v) is 6.85. The summed E-state index contributed by atoms with van der Waals surface area (Å²) in [5.41, 5.74) is 4.30. The first-order chi connectivity index (χ1) is 16.5. The first-order valence-electron chi connectivity index (χ1n) is 11.0. The quantitative estimate of drug-likeness (QED) is 0.311. The Morgan fingerprint density at radius 3 is 2.53 bits per heavy atom. The molecule has 0 aliphatic carbocycles. The van der Waals surface area contributed by atoms with Crippen LogP contribution in [0.25, 0.3) is 22.2 Å². The molecular formula is C24H23Cl3N6O. The van der Waals surface area contributed by atoms with Crippen molar-refractivity contribution in [1.82, 2.24) is 25.5 Å². The van der Waals surface area contributed by atoms with E-state index >= 15 is 0 Å². The number of H-pyrrole nitrogens is 1. The molecule has 0 radical (unpaired) electrons. The van der Waals surface area contributed by atoms with Crippen LogP contribution in [0, 0.1) is 0 Å². The Labute approximate surface area is 212 Å². The van der Waals surface area contributed by atoms with Crippen LogP contribution in [0.4, 0.5) is 5.82 Å². The van der Waals surface area contributed by atoms with Crippen LogP contribution in [-0.4, -0.2) is 40.3 Å². The highest BCUT2D eigenvalue weighted by atomic mass is 35.5. The van der Waals surface area contributed by atoms with Gasteiger partial charge in [-0.3, -0.25) is 10.1 Å². The van der Waals surface area contributed by atoms with Crippen molar-refractivity contribution >= 4 is 51.5 Å². The Morgan fingerprint density at radius 1 is 1.09 bits per heavy atom. The Balaban J connectivity index is 1.52. The number of nitrogens with zero attached hydrogens (tertiary/aromatic N) is 4. The molecule has 0 bridgehead atoms. The normalized spacial score (nSPS) is 14.3. The summed E-state index contributed by atoms with van der Waals surface area (Å²) in [6.07, 6.45) is 5.72. The molecule has 1 aliphatic rings. The summed E-state index contributed by atoms with van der Waals surface area (Å²) in [4.78, 5) is 11.1. The van der Waals surface area contributed by atoms with Crippen LogP contribution in [0.3, 0.4) is 0 Å². The Hall–Kier alpha value is -2.58. The summed E-state index contributed by atoms with van der Waals surface area (Å²) < 4.78 is 6.19. The molecular weight excluding hydrogens is 495 g/mol. The van der Waals surface area contributed by atoms with E-state index in [0.717, 1.165) is 53.2 Å². The third-order valence-electron chi connectivity index (χ3n) is 5.96. The highest BCUT2D eigenvalue weighted by molar-refractivity contribution is 6.36. The molecule has 3 aromatic heterocycles. The van der Waals surface area contributed by atoms with Crippen LogP contribution in [0.15, 0.2) is 36.8 Å². The topological polar surface area (TPSA) is 79.0 Å². The number of benzene rings is 1. The van der Waals surface area contributed by atoms with Crippen LogP contribution in [0.1, 0.15) is 30.6 Å². The number of rotatable bonds is 7. The molecule has 0 unspecified atom stereocenters. The molecule has 34 heavy (non-hydrogen) atoms. The lowest BCUT2D eigenvalue weighted by molar-refractivity contribution is 0.227. The van der Waals surface area contributed by atoms with E-state index < -0.39 is 6.10 Å². The van der Waals surface area contributed by atoms with Crippen molar-refractivity contribution in [1.29, 1.82) is 0 Å². The van der Waals surface area contributed by atoms with Crippen LogP contribution in [0.5, 0.6) is 5.75 Å². The van der Waals surface area contributed by atoms with Gasteiger partial charge in [0.15, 0.2) is 0 Å². The van der Waals surface area contributed by atoms with E-state index in [1.54, 1.807) is 12.4 Å². The van der Waals surface area contributed by atoms with E-state index in [4.69, 9.17) is 44.5 Å². The molecule has 10 heteroatoms. The smallest absolute Gasteiger partial charge is 0.139 e. The second kappa shape index (κ2) is 9.58. The minimum Gasteiger partial charge on any atom is -0.484 e. The van der Waals surface area contributed by atoms with Gasteiger partial charge in [-0.25, -0.2) is 4.98 Å². The van der Waals surface area contributed by atoms with Crippen LogP contribution < -0.4 is 15.0 Å². The van der Waals surface area contributed by atoms with Gasteiger partial charge in [0.25, 0.3) is 0 Å². The molecule has 176 valence electrons. The minimum atomic E-state index is -0.437. The Bertz CT molecular complexity index is 1330. The number of aromatic amines is 1. The summed E-state index contributed by atoms with van der Waals surface area (Å²) in [5.74, 6) is 1.53. The maximum absolute atomic E-state index is 6.54. The monoisotopic (exact) mass is 516 g/mol. The fraction of sp³-hybridized carbons (Fsp3) is 0.292. The second-order valence-electron chi connectivity index (χ2n) is 8.25. The third kappa shape index (κ3) is 4.29. The molecule has 0 saturated carbocycles. The first-order valence-corrected chi connectivity index (χ1v) is 12.1. The van der Waals surface area contributed by atoms with E-state index in [9.17, 15) is 0 Å². The molecule has 1 fully saturated rings. The average molecular weight is 518 g/mol. The zero-order chi connectivity index (χ0) is 23.8. The molecule has 4 aromatic rings. The van der Waals surface area contributed by atoms with Crippen LogP contribution in [-0.2, 0) is 6.54 Å². The summed E-state index contributed by atoms with van der Waals surface area (Å²) in [6, 6.07) is 5.83. The predicted octanol–water partition coefficient (Wildman–Crippen LogP) is 6.05. The zero-order valence-corrected chi connectivity index (χ0v) is 21.0. The first kappa shape index (κ1) is 23.2. The van der Waals surface area contributed by atoms with Crippen molar-refractivity contribution in [2.75, 3.05) is 25.0 Å². The fourth-order valence-electron chi connectivity index (χ4n) is 4.15. The van der Waals surface area contributed by atoms with Gasteiger partial charge in [0, 0.05) is 60.3 Å². The number of ether oxygens (including phenoxy) is 1. The van der Waals surface area contributed by atoms with Crippen molar-refractivity contribution in [3.8, 4) is 17.0 Å². The summed E-state index contributed by atoms with van der Waals surface area (Å²) >= 11 is 19.2. The maximum Gasteiger partial charge on any atom is 0.139 e. The van der Waals surface area contributed by atoms with Gasteiger partial charge in [0.2, 0.25) is 0 Å².